The molecule has 3 aromatic carbocycles. The summed E-state index contributed by atoms with van der Waals surface area (Å²) in [5.74, 6) is 0.687. The molecule has 0 atom stereocenters. The van der Waals surface area contributed by atoms with Crippen molar-refractivity contribution in [3.8, 4) is 22.7 Å². The molecule has 2 aromatic heterocycles. The molecule has 0 fully saturated rings. The number of methoxy groups -OCH3 is 1. The molecule has 0 saturated heterocycles. The van der Waals surface area contributed by atoms with Crippen LogP contribution >= 0.6 is 0 Å². The molecule has 0 aliphatic heterocycles. The van der Waals surface area contributed by atoms with E-state index in [1.54, 1.807) is 25.4 Å². The quantitative estimate of drug-likeness (QED) is 0.310. The molecule has 0 unspecified atom stereocenters. The molecule has 7 nitrogen and oxygen atoms in total. The van der Waals surface area contributed by atoms with Crippen molar-refractivity contribution >= 4 is 27.5 Å². The molecule has 0 spiro atoms. The van der Waals surface area contributed by atoms with Crippen LogP contribution in [-0.2, 0) is 0 Å². The molecule has 0 radical (unpaired) electrons. The van der Waals surface area contributed by atoms with Gasteiger partial charge in [-0.2, -0.15) is 5.10 Å². The van der Waals surface area contributed by atoms with Crippen molar-refractivity contribution in [3.05, 3.63) is 89.1 Å². The number of ether oxygens (including phenoxy) is 1. The number of pyridine rings is 1. The summed E-state index contributed by atoms with van der Waals surface area (Å²) in [5.41, 5.74) is 4.09. The molecule has 5 rings (SSSR count). The van der Waals surface area contributed by atoms with Gasteiger partial charge in [-0.25, -0.2) is 4.68 Å². The Morgan fingerprint density at radius 1 is 0.933 bits per heavy atom. The Labute approximate surface area is 171 Å². The van der Waals surface area contributed by atoms with E-state index in [0.29, 0.717) is 11.4 Å². The first-order chi connectivity index (χ1) is 14.7. The van der Waals surface area contributed by atoms with Gasteiger partial charge in [-0.1, -0.05) is 30.3 Å². The normalized spacial score (nSPS) is 11.1. The van der Waals surface area contributed by atoms with Gasteiger partial charge in [-0.05, 0) is 30.3 Å². The summed E-state index contributed by atoms with van der Waals surface area (Å²) in [6.07, 6.45) is 1.78. The van der Waals surface area contributed by atoms with Crippen molar-refractivity contribution in [3.63, 3.8) is 0 Å². The summed E-state index contributed by atoms with van der Waals surface area (Å²) >= 11 is 0. The van der Waals surface area contributed by atoms with Crippen LogP contribution in [0.4, 0.5) is 5.69 Å². The maximum atomic E-state index is 11.0. The van der Waals surface area contributed by atoms with Crippen molar-refractivity contribution in [1.29, 1.82) is 0 Å². The average molecular weight is 396 g/mol. The maximum absolute atomic E-state index is 11.0. The van der Waals surface area contributed by atoms with Crippen LogP contribution in [0.3, 0.4) is 0 Å². The molecule has 0 saturated carbocycles. The standard InChI is InChI=1S/C23H16N4O3/c1-30-20-9-5-8-18-22(20)24-14-19-21(15-10-12-17(13-11-15)27(28)29)25-26(23(18)19)16-6-3-2-4-7-16/h2-14H,1H3. The SMILES string of the molecule is COc1cccc2c1ncc1c(-c3ccc([N+](=O)[O-])cc3)nn(-c3ccccc3)c12. The topological polar surface area (TPSA) is 83.1 Å². The highest BCUT2D eigenvalue weighted by Gasteiger charge is 2.19. The van der Waals surface area contributed by atoms with Gasteiger partial charge in [0.2, 0.25) is 0 Å². The summed E-state index contributed by atoms with van der Waals surface area (Å²) in [4.78, 5) is 15.2. The monoisotopic (exact) mass is 396 g/mol. The zero-order chi connectivity index (χ0) is 20.7. The number of aromatic nitrogens is 3. The third kappa shape index (κ3) is 2.76. The summed E-state index contributed by atoms with van der Waals surface area (Å²) in [5, 5.41) is 17.7. The maximum Gasteiger partial charge on any atom is 0.269 e. The van der Waals surface area contributed by atoms with Gasteiger partial charge in [0.25, 0.3) is 5.69 Å². The smallest absolute Gasteiger partial charge is 0.269 e. The summed E-state index contributed by atoms with van der Waals surface area (Å²) in [6, 6.07) is 22.0. The Bertz CT molecular complexity index is 1390. The lowest BCUT2D eigenvalue weighted by Crippen LogP contribution is -1.97. The lowest BCUT2D eigenvalue weighted by molar-refractivity contribution is -0.384. The van der Waals surface area contributed by atoms with Gasteiger partial charge in [-0.15, -0.1) is 0 Å². The molecule has 0 N–H and O–H groups in total. The lowest BCUT2D eigenvalue weighted by atomic mass is 10.1. The third-order valence-corrected chi connectivity index (χ3v) is 5.07. The molecule has 146 valence electrons. The Balaban J connectivity index is 1.85. The number of nitro groups is 1. The highest BCUT2D eigenvalue weighted by Crippen LogP contribution is 2.36. The van der Waals surface area contributed by atoms with Gasteiger partial charge in [-0.3, -0.25) is 15.1 Å². The Morgan fingerprint density at radius 2 is 1.70 bits per heavy atom. The molecule has 0 aliphatic rings. The number of rotatable bonds is 4. The fourth-order valence-corrected chi connectivity index (χ4v) is 3.66. The number of nitro benzene ring substituents is 1. The first kappa shape index (κ1) is 17.8. The molecule has 7 heteroatoms. The van der Waals surface area contributed by atoms with Crippen LogP contribution in [0.5, 0.6) is 5.75 Å². The number of non-ortho nitro benzene ring substituents is 1. The summed E-state index contributed by atoms with van der Waals surface area (Å²) in [6.45, 7) is 0. The number of nitrogens with zero attached hydrogens (tertiary/aromatic N) is 4. The second-order valence-corrected chi connectivity index (χ2v) is 6.78. The van der Waals surface area contributed by atoms with Crippen molar-refractivity contribution < 1.29 is 9.66 Å². The van der Waals surface area contributed by atoms with Gasteiger partial charge >= 0.3 is 0 Å². The van der Waals surface area contributed by atoms with Crippen LogP contribution in [0.15, 0.2) is 79.0 Å². The number of para-hydroxylation sites is 2. The summed E-state index contributed by atoms with van der Waals surface area (Å²) < 4.78 is 7.38. The van der Waals surface area contributed by atoms with Gasteiger partial charge in [0.15, 0.2) is 0 Å². The molecule has 30 heavy (non-hydrogen) atoms. The number of hydrogen-bond donors (Lipinski definition) is 0. The van der Waals surface area contributed by atoms with E-state index in [4.69, 9.17) is 9.84 Å². The highest BCUT2D eigenvalue weighted by molar-refractivity contribution is 6.10. The van der Waals surface area contributed by atoms with Gasteiger partial charge < -0.3 is 4.74 Å². The highest BCUT2D eigenvalue weighted by atomic mass is 16.6. The van der Waals surface area contributed by atoms with E-state index in [1.165, 1.54) is 12.1 Å². The van der Waals surface area contributed by atoms with Crippen molar-refractivity contribution in [2.75, 3.05) is 7.11 Å². The fourth-order valence-electron chi connectivity index (χ4n) is 3.66. The van der Waals surface area contributed by atoms with Crippen LogP contribution in [-0.4, -0.2) is 26.8 Å². The Morgan fingerprint density at radius 3 is 2.40 bits per heavy atom. The minimum absolute atomic E-state index is 0.0406. The average Bonchev–Trinajstić information content (AvgIpc) is 3.19. The van der Waals surface area contributed by atoms with Gasteiger partial charge in [0, 0.05) is 34.7 Å². The van der Waals surface area contributed by atoms with Crippen LogP contribution in [0.25, 0.3) is 38.8 Å². The Hall–Kier alpha value is -4.26. The molecule has 0 bridgehead atoms. The van der Waals surface area contributed by atoms with E-state index < -0.39 is 4.92 Å². The van der Waals surface area contributed by atoms with Crippen molar-refractivity contribution in [2.24, 2.45) is 0 Å². The molecular weight excluding hydrogens is 380 g/mol. The van der Waals surface area contributed by atoms with E-state index in [-0.39, 0.29) is 5.69 Å². The van der Waals surface area contributed by atoms with Crippen LogP contribution in [0, 0.1) is 10.1 Å². The lowest BCUT2D eigenvalue weighted by Gasteiger charge is -2.08. The van der Waals surface area contributed by atoms with Crippen LogP contribution in [0.2, 0.25) is 0 Å². The van der Waals surface area contributed by atoms with Crippen LogP contribution in [0.1, 0.15) is 0 Å². The third-order valence-electron chi connectivity index (χ3n) is 5.07. The van der Waals surface area contributed by atoms with Gasteiger partial charge in [0.05, 0.1) is 23.2 Å². The first-order valence-electron chi connectivity index (χ1n) is 9.32. The number of hydrogen-bond acceptors (Lipinski definition) is 5. The molecule has 2 heterocycles. The van der Waals surface area contributed by atoms with E-state index in [2.05, 4.69) is 4.98 Å². The number of benzene rings is 3. The zero-order valence-electron chi connectivity index (χ0n) is 16.0. The zero-order valence-corrected chi connectivity index (χ0v) is 16.0. The molecule has 0 aliphatic carbocycles. The van der Waals surface area contributed by atoms with Crippen LogP contribution < -0.4 is 4.74 Å². The molecule has 5 aromatic rings. The fraction of sp³-hybridized carbons (Fsp3) is 0.0435. The minimum atomic E-state index is -0.411. The Kier molecular flexibility index (Phi) is 4.14. The molecule has 0 amide bonds. The largest absolute Gasteiger partial charge is 0.494 e. The van der Waals surface area contributed by atoms with Gasteiger partial charge in [0.1, 0.15) is 17.0 Å². The van der Waals surface area contributed by atoms with Crippen molar-refractivity contribution in [2.45, 2.75) is 0 Å². The van der Waals surface area contributed by atoms with E-state index in [9.17, 15) is 10.1 Å². The second-order valence-electron chi connectivity index (χ2n) is 6.78. The van der Waals surface area contributed by atoms with Crippen molar-refractivity contribution in [1.82, 2.24) is 14.8 Å². The van der Waals surface area contributed by atoms with E-state index in [0.717, 1.165) is 33.1 Å². The second kappa shape index (κ2) is 6.97. The minimum Gasteiger partial charge on any atom is -0.494 e. The molecular formula is C23H16N4O3. The number of fused-ring (bicyclic) bond motifs is 3. The van der Waals surface area contributed by atoms with E-state index in [1.807, 2.05) is 53.2 Å². The predicted molar refractivity (Wildman–Crippen MR) is 115 cm³/mol. The summed E-state index contributed by atoms with van der Waals surface area (Å²) in [7, 11) is 1.62. The predicted octanol–water partition coefficient (Wildman–Crippen LogP) is 5.16. The van der Waals surface area contributed by atoms with E-state index >= 15 is 0 Å². The first-order valence-corrected chi connectivity index (χ1v) is 9.32.